The largest absolute Gasteiger partial charge is 0.352 e. The van der Waals surface area contributed by atoms with Gasteiger partial charge in [-0.05, 0) is 24.1 Å². The van der Waals surface area contributed by atoms with Crippen molar-refractivity contribution in [2.45, 2.75) is 18.9 Å². The molecule has 1 N–H and O–H groups in total. The van der Waals surface area contributed by atoms with Crippen LogP contribution in [0.15, 0.2) is 24.3 Å². The molecule has 18 heavy (non-hydrogen) atoms. The lowest BCUT2D eigenvalue weighted by Crippen LogP contribution is -2.36. The molecule has 0 radical (unpaired) electrons. The Morgan fingerprint density at radius 2 is 2.00 bits per heavy atom. The number of carbonyl (C=O) groups excluding carboxylic acids is 1. The minimum atomic E-state index is -2.98. The lowest BCUT2D eigenvalue weighted by Gasteiger charge is -2.10. The molecule has 1 aliphatic rings. The highest BCUT2D eigenvalue weighted by atomic mass is 32.2. The molecular weight excluding hydrogens is 257 g/mol. The summed E-state index contributed by atoms with van der Waals surface area (Å²) in [5, 5.41) is 2.69. The maximum absolute atomic E-state index is 12.7. The number of hydrogen-bond donors (Lipinski definition) is 1. The van der Waals surface area contributed by atoms with Gasteiger partial charge in [0, 0.05) is 6.04 Å². The molecule has 4 nitrogen and oxygen atoms in total. The van der Waals surface area contributed by atoms with Gasteiger partial charge in [-0.1, -0.05) is 12.1 Å². The maximum atomic E-state index is 12.7. The number of carbonyl (C=O) groups is 1. The van der Waals surface area contributed by atoms with Gasteiger partial charge in [-0.3, -0.25) is 4.79 Å². The van der Waals surface area contributed by atoms with Crippen molar-refractivity contribution in [3.8, 4) is 0 Å². The van der Waals surface area contributed by atoms with Crippen molar-refractivity contribution in [1.29, 1.82) is 0 Å². The van der Waals surface area contributed by atoms with Crippen LogP contribution in [0.3, 0.4) is 0 Å². The second-order valence-corrected chi connectivity index (χ2v) is 6.70. The highest BCUT2D eigenvalue weighted by Gasteiger charge is 2.28. The molecule has 98 valence electrons. The fourth-order valence-corrected chi connectivity index (χ4v) is 3.65. The van der Waals surface area contributed by atoms with Crippen LogP contribution in [-0.4, -0.2) is 31.9 Å². The van der Waals surface area contributed by atoms with Crippen LogP contribution in [0.5, 0.6) is 0 Å². The van der Waals surface area contributed by atoms with Gasteiger partial charge in [-0.2, -0.15) is 0 Å². The fraction of sp³-hybridized carbons (Fsp3) is 0.417. The Balaban J connectivity index is 1.88. The van der Waals surface area contributed by atoms with Crippen LogP contribution in [0.4, 0.5) is 4.39 Å². The van der Waals surface area contributed by atoms with Gasteiger partial charge in [0.25, 0.3) is 0 Å². The van der Waals surface area contributed by atoms with Crippen LogP contribution in [0.25, 0.3) is 0 Å². The molecule has 1 amide bonds. The zero-order valence-electron chi connectivity index (χ0n) is 9.73. The third-order valence-corrected chi connectivity index (χ3v) is 4.64. The zero-order chi connectivity index (χ0) is 13.2. The van der Waals surface area contributed by atoms with E-state index in [2.05, 4.69) is 5.32 Å². The lowest BCUT2D eigenvalue weighted by atomic mass is 10.1. The Hall–Kier alpha value is -1.43. The second kappa shape index (κ2) is 5.06. The topological polar surface area (TPSA) is 63.2 Å². The number of benzene rings is 1. The number of nitrogens with one attached hydrogen (secondary N) is 1. The summed E-state index contributed by atoms with van der Waals surface area (Å²) in [4.78, 5) is 11.7. The minimum Gasteiger partial charge on any atom is -0.352 e. The number of hydrogen-bond acceptors (Lipinski definition) is 3. The summed E-state index contributed by atoms with van der Waals surface area (Å²) in [6.45, 7) is 0. The van der Waals surface area contributed by atoms with Gasteiger partial charge in [0.1, 0.15) is 5.82 Å². The Labute approximate surface area is 105 Å². The minimum absolute atomic E-state index is 0.0160. The molecule has 6 heteroatoms. The van der Waals surface area contributed by atoms with E-state index < -0.39 is 9.84 Å². The Bertz CT molecular complexity index is 539. The Morgan fingerprint density at radius 1 is 1.33 bits per heavy atom. The molecule has 2 rings (SSSR count). The molecule has 0 bridgehead atoms. The molecule has 1 saturated heterocycles. The summed E-state index contributed by atoms with van der Waals surface area (Å²) < 4.78 is 35.1. The molecule has 1 aliphatic heterocycles. The molecule has 1 aromatic carbocycles. The molecule has 0 spiro atoms. The SMILES string of the molecule is O=C(Cc1ccc(F)cc1)N[C@@H]1CCS(=O)(=O)C1. The van der Waals surface area contributed by atoms with E-state index in [1.54, 1.807) is 12.1 Å². The van der Waals surface area contributed by atoms with Crippen molar-refractivity contribution in [1.82, 2.24) is 5.32 Å². The summed E-state index contributed by atoms with van der Waals surface area (Å²) in [7, 11) is -2.98. The van der Waals surface area contributed by atoms with Crippen molar-refractivity contribution in [3.63, 3.8) is 0 Å². The van der Waals surface area contributed by atoms with Gasteiger partial charge >= 0.3 is 0 Å². The van der Waals surface area contributed by atoms with E-state index in [1.165, 1.54) is 12.1 Å². The van der Waals surface area contributed by atoms with E-state index in [0.29, 0.717) is 12.0 Å². The van der Waals surface area contributed by atoms with Gasteiger partial charge in [-0.25, -0.2) is 12.8 Å². The first-order valence-electron chi connectivity index (χ1n) is 5.69. The standard InChI is InChI=1S/C12H14FNO3S/c13-10-3-1-9(2-4-10)7-12(15)14-11-5-6-18(16,17)8-11/h1-4,11H,5-8H2,(H,14,15)/t11-/m1/s1. The Kier molecular flexibility index (Phi) is 3.65. The first-order valence-corrected chi connectivity index (χ1v) is 7.51. The van der Waals surface area contributed by atoms with Crippen molar-refractivity contribution in [3.05, 3.63) is 35.6 Å². The summed E-state index contributed by atoms with van der Waals surface area (Å²) in [5.41, 5.74) is 0.703. The number of rotatable bonds is 3. The molecule has 0 unspecified atom stereocenters. The van der Waals surface area contributed by atoms with Crippen LogP contribution < -0.4 is 5.32 Å². The average molecular weight is 271 g/mol. The van der Waals surface area contributed by atoms with E-state index in [9.17, 15) is 17.6 Å². The molecule has 1 atom stereocenters. The van der Waals surface area contributed by atoms with E-state index >= 15 is 0 Å². The summed E-state index contributed by atoms with van der Waals surface area (Å²) in [5.74, 6) is -0.429. The number of sulfone groups is 1. The van der Waals surface area contributed by atoms with Crippen LogP contribution in [0.2, 0.25) is 0 Å². The maximum Gasteiger partial charge on any atom is 0.224 e. The lowest BCUT2D eigenvalue weighted by molar-refractivity contribution is -0.121. The molecule has 0 aromatic heterocycles. The molecule has 0 saturated carbocycles. The molecular formula is C12H14FNO3S. The predicted octanol–water partition coefficient (Wildman–Crippen LogP) is 0.672. The van der Waals surface area contributed by atoms with Gasteiger partial charge in [0.15, 0.2) is 9.84 Å². The van der Waals surface area contributed by atoms with Crippen LogP contribution in [0, 0.1) is 5.82 Å². The van der Waals surface area contributed by atoms with Gasteiger partial charge in [0.05, 0.1) is 17.9 Å². The summed E-state index contributed by atoms with van der Waals surface area (Å²) in [6, 6.07) is 5.38. The first-order chi connectivity index (χ1) is 8.44. The highest BCUT2D eigenvalue weighted by molar-refractivity contribution is 7.91. The van der Waals surface area contributed by atoms with E-state index in [0.717, 1.165) is 0 Å². The number of halogens is 1. The second-order valence-electron chi connectivity index (χ2n) is 4.47. The van der Waals surface area contributed by atoms with Crippen molar-refractivity contribution < 1.29 is 17.6 Å². The normalized spacial score (nSPS) is 21.7. The van der Waals surface area contributed by atoms with E-state index in [-0.39, 0.29) is 35.7 Å². The van der Waals surface area contributed by atoms with Crippen LogP contribution >= 0.6 is 0 Å². The molecule has 1 fully saturated rings. The predicted molar refractivity (Wildman–Crippen MR) is 65.3 cm³/mol. The van der Waals surface area contributed by atoms with Crippen molar-refractivity contribution >= 4 is 15.7 Å². The number of amides is 1. The van der Waals surface area contributed by atoms with Crippen LogP contribution in [0.1, 0.15) is 12.0 Å². The van der Waals surface area contributed by atoms with Gasteiger partial charge in [0.2, 0.25) is 5.91 Å². The van der Waals surface area contributed by atoms with Gasteiger partial charge in [-0.15, -0.1) is 0 Å². The van der Waals surface area contributed by atoms with Crippen LogP contribution in [-0.2, 0) is 21.1 Å². The Morgan fingerprint density at radius 3 is 2.56 bits per heavy atom. The van der Waals surface area contributed by atoms with Crippen molar-refractivity contribution in [2.24, 2.45) is 0 Å². The molecule has 1 heterocycles. The fourth-order valence-electron chi connectivity index (χ4n) is 1.98. The third kappa shape index (κ3) is 3.53. The quantitative estimate of drug-likeness (QED) is 0.879. The van der Waals surface area contributed by atoms with Crippen molar-refractivity contribution in [2.75, 3.05) is 11.5 Å². The smallest absolute Gasteiger partial charge is 0.224 e. The third-order valence-electron chi connectivity index (χ3n) is 2.88. The monoisotopic (exact) mass is 271 g/mol. The molecule has 0 aliphatic carbocycles. The van der Waals surface area contributed by atoms with E-state index in [1.807, 2.05) is 0 Å². The zero-order valence-corrected chi connectivity index (χ0v) is 10.5. The van der Waals surface area contributed by atoms with E-state index in [4.69, 9.17) is 0 Å². The van der Waals surface area contributed by atoms with Gasteiger partial charge < -0.3 is 5.32 Å². The summed E-state index contributed by atoms with van der Waals surface area (Å²) >= 11 is 0. The molecule has 1 aromatic rings. The highest BCUT2D eigenvalue weighted by Crippen LogP contribution is 2.11. The first kappa shape index (κ1) is 13.0. The average Bonchev–Trinajstić information content (AvgIpc) is 2.61. The summed E-state index contributed by atoms with van der Waals surface area (Å²) in [6.07, 6.45) is 0.605.